The lowest BCUT2D eigenvalue weighted by atomic mass is 9.87. The number of carboxylic acids is 2. The highest BCUT2D eigenvalue weighted by Crippen LogP contribution is 2.22. The van der Waals surface area contributed by atoms with Crippen molar-refractivity contribution in [1.29, 1.82) is 0 Å². The highest BCUT2D eigenvalue weighted by Gasteiger charge is 2.26. The van der Waals surface area contributed by atoms with E-state index in [1.54, 1.807) is 0 Å². The molecule has 0 saturated carbocycles. The van der Waals surface area contributed by atoms with Crippen LogP contribution in [0.15, 0.2) is 0 Å². The van der Waals surface area contributed by atoms with Crippen LogP contribution in [0.3, 0.4) is 0 Å². The van der Waals surface area contributed by atoms with Crippen molar-refractivity contribution in [1.82, 2.24) is 0 Å². The Morgan fingerprint density at radius 1 is 1.20 bits per heavy atom. The van der Waals surface area contributed by atoms with Gasteiger partial charge in [-0.15, -0.1) is 0 Å². The van der Waals surface area contributed by atoms with E-state index < -0.39 is 17.9 Å². The Morgan fingerprint density at radius 2 is 1.80 bits per heavy atom. The van der Waals surface area contributed by atoms with Crippen molar-refractivity contribution in [3.05, 3.63) is 0 Å². The molecule has 2 N–H and O–H groups in total. The summed E-state index contributed by atoms with van der Waals surface area (Å²) in [4.78, 5) is 21.3. The number of rotatable bonds is 8. The van der Waals surface area contributed by atoms with Crippen LogP contribution in [-0.4, -0.2) is 22.2 Å². The van der Waals surface area contributed by atoms with Crippen molar-refractivity contribution < 1.29 is 19.8 Å². The van der Waals surface area contributed by atoms with Gasteiger partial charge in [-0.3, -0.25) is 9.59 Å². The van der Waals surface area contributed by atoms with Gasteiger partial charge in [0.25, 0.3) is 0 Å². The fourth-order valence-corrected chi connectivity index (χ4v) is 1.64. The first-order valence-electron chi connectivity index (χ1n) is 5.43. The molecule has 2 atom stereocenters. The number of hydrogen-bond donors (Lipinski definition) is 2. The molecule has 4 heteroatoms. The zero-order valence-corrected chi connectivity index (χ0v) is 9.40. The van der Waals surface area contributed by atoms with E-state index in [0.717, 1.165) is 25.7 Å². The summed E-state index contributed by atoms with van der Waals surface area (Å²) in [6, 6.07) is 0. The molecule has 0 bridgehead atoms. The summed E-state index contributed by atoms with van der Waals surface area (Å²) in [7, 11) is 0. The SMILES string of the molecule is CCCCC[C@@H](C)C(CC(=O)O)C(=O)O. The van der Waals surface area contributed by atoms with Crippen LogP contribution in [0, 0.1) is 11.8 Å². The second-order valence-corrected chi connectivity index (χ2v) is 4.02. The van der Waals surface area contributed by atoms with E-state index in [9.17, 15) is 9.59 Å². The Morgan fingerprint density at radius 3 is 2.20 bits per heavy atom. The molecule has 0 saturated heterocycles. The molecule has 0 rings (SSSR count). The number of aliphatic carboxylic acids is 2. The Hall–Kier alpha value is -1.06. The van der Waals surface area contributed by atoms with Crippen LogP contribution in [0.2, 0.25) is 0 Å². The third-order valence-corrected chi connectivity index (χ3v) is 2.66. The first-order chi connectivity index (χ1) is 6.99. The standard InChI is InChI=1S/C11H20O4/c1-3-4-5-6-8(2)9(11(14)15)7-10(12)13/h8-9H,3-7H2,1-2H3,(H,12,13)(H,14,15)/t8-,9?/m1/s1. The highest BCUT2D eigenvalue weighted by molar-refractivity contribution is 5.77. The lowest BCUT2D eigenvalue weighted by Crippen LogP contribution is -2.24. The van der Waals surface area contributed by atoms with Gasteiger partial charge in [-0.25, -0.2) is 0 Å². The zero-order chi connectivity index (χ0) is 11.8. The van der Waals surface area contributed by atoms with E-state index in [1.807, 2.05) is 6.92 Å². The summed E-state index contributed by atoms with van der Waals surface area (Å²) in [5.41, 5.74) is 0. The van der Waals surface area contributed by atoms with Crippen LogP contribution in [0.5, 0.6) is 0 Å². The molecule has 0 aliphatic heterocycles. The summed E-state index contributed by atoms with van der Waals surface area (Å²) in [5.74, 6) is -2.85. The van der Waals surface area contributed by atoms with E-state index in [2.05, 4.69) is 6.92 Å². The summed E-state index contributed by atoms with van der Waals surface area (Å²) >= 11 is 0. The molecule has 0 aromatic carbocycles. The molecular weight excluding hydrogens is 196 g/mol. The van der Waals surface area contributed by atoms with Crippen LogP contribution in [-0.2, 0) is 9.59 Å². The lowest BCUT2D eigenvalue weighted by molar-refractivity contribution is -0.150. The minimum atomic E-state index is -1.04. The predicted molar refractivity (Wildman–Crippen MR) is 56.7 cm³/mol. The third-order valence-electron chi connectivity index (χ3n) is 2.66. The zero-order valence-electron chi connectivity index (χ0n) is 9.40. The largest absolute Gasteiger partial charge is 0.481 e. The molecule has 0 fully saturated rings. The number of unbranched alkanes of at least 4 members (excludes halogenated alkanes) is 2. The van der Waals surface area contributed by atoms with E-state index in [0.29, 0.717) is 0 Å². The smallest absolute Gasteiger partial charge is 0.307 e. The molecule has 0 aromatic heterocycles. The van der Waals surface area contributed by atoms with E-state index in [-0.39, 0.29) is 12.3 Å². The molecular formula is C11H20O4. The Labute approximate surface area is 90.3 Å². The van der Waals surface area contributed by atoms with Crippen LogP contribution in [0.25, 0.3) is 0 Å². The third kappa shape index (κ3) is 6.10. The minimum absolute atomic E-state index is 0.0647. The average molecular weight is 216 g/mol. The maximum atomic E-state index is 10.8. The number of hydrogen-bond acceptors (Lipinski definition) is 2. The van der Waals surface area contributed by atoms with Crippen molar-refractivity contribution in [2.45, 2.75) is 46.0 Å². The normalized spacial score (nSPS) is 14.5. The topological polar surface area (TPSA) is 74.6 Å². The molecule has 0 spiro atoms. The number of carbonyl (C=O) groups is 2. The predicted octanol–water partition coefficient (Wildman–Crippen LogP) is 2.38. The molecule has 4 nitrogen and oxygen atoms in total. The Bertz CT molecular complexity index is 213. The summed E-state index contributed by atoms with van der Waals surface area (Å²) < 4.78 is 0. The fraction of sp³-hybridized carbons (Fsp3) is 0.818. The van der Waals surface area contributed by atoms with Gasteiger partial charge in [-0.05, 0) is 12.3 Å². The maximum absolute atomic E-state index is 10.8. The molecule has 0 aromatic rings. The van der Waals surface area contributed by atoms with Crippen molar-refractivity contribution in [2.75, 3.05) is 0 Å². The van der Waals surface area contributed by atoms with Gasteiger partial charge in [0.1, 0.15) is 0 Å². The fourth-order valence-electron chi connectivity index (χ4n) is 1.64. The van der Waals surface area contributed by atoms with E-state index in [4.69, 9.17) is 10.2 Å². The summed E-state index contributed by atoms with van der Waals surface area (Å²) in [5, 5.41) is 17.5. The summed E-state index contributed by atoms with van der Waals surface area (Å²) in [6.07, 6.45) is 3.65. The van der Waals surface area contributed by atoms with Gasteiger partial charge < -0.3 is 10.2 Å². The monoisotopic (exact) mass is 216 g/mol. The van der Waals surface area contributed by atoms with Crippen molar-refractivity contribution in [3.8, 4) is 0 Å². The first kappa shape index (κ1) is 13.9. The quantitative estimate of drug-likeness (QED) is 0.611. The second-order valence-electron chi connectivity index (χ2n) is 4.02. The lowest BCUT2D eigenvalue weighted by Gasteiger charge is -2.18. The van der Waals surface area contributed by atoms with Crippen molar-refractivity contribution in [2.24, 2.45) is 11.8 Å². The maximum Gasteiger partial charge on any atom is 0.307 e. The van der Waals surface area contributed by atoms with E-state index >= 15 is 0 Å². The molecule has 1 unspecified atom stereocenters. The van der Waals surface area contributed by atoms with Crippen molar-refractivity contribution >= 4 is 11.9 Å². The molecule has 88 valence electrons. The van der Waals surface area contributed by atoms with Crippen LogP contribution >= 0.6 is 0 Å². The van der Waals surface area contributed by atoms with Crippen LogP contribution in [0.1, 0.15) is 46.0 Å². The van der Waals surface area contributed by atoms with Gasteiger partial charge in [0.2, 0.25) is 0 Å². The molecule has 15 heavy (non-hydrogen) atoms. The molecule has 0 heterocycles. The highest BCUT2D eigenvalue weighted by atomic mass is 16.4. The van der Waals surface area contributed by atoms with Gasteiger partial charge in [0.05, 0.1) is 12.3 Å². The molecule has 0 radical (unpaired) electrons. The molecule has 0 aliphatic rings. The van der Waals surface area contributed by atoms with Crippen LogP contribution < -0.4 is 0 Å². The van der Waals surface area contributed by atoms with Gasteiger partial charge in [0, 0.05) is 0 Å². The van der Waals surface area contributed by atoms with Gasteiger partial charge in [-0.2, -0.15) is 0 Å². The molecule has 0 amide bonds. The number of carboxylic acid groups (broad SMARTS) is 2. The van der Waals surface area contributed by atoms with Crippen molar-refractivity contribution in [3.63, 3.8) is 0 Å². The Kier molecular flexibility index (Phi) is 6.75. The van der Waals surface area contributed by atoms with Gasteiger partial charge in [-0.1, -0.05) is 33.1 Å². The second kappa shape index (κ2) is 7.26. The van der Waals surface area contributed by atoms with Gasteiger partial charge in [0.15, 0.2) is 0 Å². The van der Waals surface area contributed by atoms with E-state index in [1.165, 1.54) is 0 Å². The van der Waals surface area contributed by atoms with Gasteiger partial charge >= 0.3 is 11.9 Å². The Balaban J connectivity index is 4.10. The summed E-state index contributed by atoms with van der Waals surface area (Å²) in [6.45, 7) is 3.90. The van der Waals surface area contributed by atoms with Crippen LogP contribution in [0.4, 0.5) is 0 Å². The molecule has 0 aliphatic carbocycles. The average Bonchev–Trinajstić information content (AvgIpc) is 2.13. The minimum Gasteiger partial charge on any atom is -0.481 e. The first-order valence-corrected chi connectivity index (χ1v) is 5.43.